The molecule has 12 heteroatoms. The highest BCUT2D eigenvalue weighted by Crippen LogP contribution is 2.44. The molecule has 3 aliphatic rings. The average molecular weight is 851 g/mol. The van der Waals surface area contributed by atoms with Gasteiger partial charge in [-0.05, 0) is 104 Å². The van der Waals surface area contributed by atoms with E-state index in [2.05, 4.69) is 87.8 Å². The molecular formula is C45H78O9SSi2. The van der Waals surface area contributed by atoms with Crippen LogP contribution in [0.15, 0.2) is 59.5 Å². The van der Waals surface area contributed by atoms with Crippen molar-refractivity contribution in [2.75, 3.05) is 26.1 Å². The molecule has 0 amide bonds. The van der Waals surface area contributed by atoms with Gasteiger partial charge in [0, 0.05) is 32.5 Å². The van der Waals surface area contributed by atoms with Gasteiger partial charge in [0.2, 0.25) is 0 Å². The van der Waals surface area contributed by atoms with Crippen molar-refractivity contribution >= 4 is 26.5 Å². The monoisotopic (exact) mass is 850 g/mol. The molecule has 9 unspecified atom stereocenters. The highest BCUT2D eigenvalue weighted by Gasteiger charge is 2.50. The molecule has 10 atom stereocenters. The van der Waals surface area contributed by atoms with Crippen molar-refractivity contribution < 1.29 is 41.3 Å². The van der Waals surface area contributed by atoms with Crippen LogP contribution in [0.25, 0.3) is 0 Å². The van der Waals surface area contributed by atoms with Crippen LogP contribution >= 0.6 is 0 Å². The summed E-state index contributed by atoms with van der Waals surface area (Å²) in [6.07, 6.45) is 4.12. The number of ether oxygens (including phenoxy) is 4. The summed E-state index contributed by atoms with van der Waals surface area (Å²) < 4.78 is 68.6. The number of hydrogen-bond acceptors (Lipinski definition) is 9. The quantitative estimate of drug-likeness (QED) is 0.108. The summed E-state index contributed by atoms with van der Waals surface area (Å²) in [5, 5.41) is 9.32. The Morgan fingerprint density at radius 2 is 1.51 bits per heavy atom. The summed E-state index contributed by atoms with van der Waals surface area (Å²) in [5.74, 6) is -0.324. The minimum atomic E-state index is -3.68. The lowest BCUT2D eigenvalue weighted by molar-refractivity contribution is -0.0782. The zero-order valence-corrected chi connectivity index (χ0v) is 40.3. The zero-order valence-electron chi connectivity index (χ0n) is 37.5. The Hall–Kier alpha value is -1.20. The second kappa shape index (κ2) is 19.7. The van der Waals surface area contributed by atoms with Gasteiger partial charge in [0.1, 0.15) is 0 Å². The maximum atomic E-state index is 14.1. The van der Waals surface area contributed by atoms with Crippen LogP contribution in [0.5, 0.6) is 0 Å². The zero-order chi connectivity index (χ0) is 42.6. The molecule has 0 aliphatic carbocycles. The maximum absolute atomic E-state index is 14.1. The molecule has 0 saturated carbocycles. The standard InChI is InChI=1S/C45H78O9SSi2/c1-31-25-35(22-23-39-32(2)26-34(51-39)19-18-24-46)52-40(33(31)3)28-41-38(30-55(47,48)37-20-16-15-17-21-37)43(49-10)42(53-41)27-36(54-57(13,14)45(7,8)9)29-50-56(11,12)44(4,5)6/h15-17,20-21,31,34-36,38-43,46H,2-3,18-19,22-30H2,1,4-14H3/t31?,34?,35?,36-,38?,39?,40?,41?,42?,43?/m0/s1. The summed E-state index contributed by atoms with van der Waals surface area (Å²) >= 11 is 0. The highest BCUT2D eigenvalue weighted by atomic mass is 32.2. The molecule has 0 aromatic heterocycles. The van der Waals surface area contributed by atoms with Gasteiger partial charge in [0.25, 0.3) is 0 Å². The number of benzene rings is 1. The molecule has 3 fully saturated rings. The van der Waals surface area contributed by atoms with Crippen LogP contribution < -0.4 is 0 Å². The molecule has 3 heterocycles. The van der Waals surface area contributed by atoms with Gasteiger partial charge in [-0.1, -0.05) is 79.8 Å². The SMILES string of the molecule is C=C1CC(CCCO)OC1CCC1CC(C)C(=C)C(CC2OC(C[C@@H](CO[Si](C)(C)C(C)(C)C)O[Si](C)(C)C(C)(C)C)C(OC)C2CS(=O)(=O)c2ccccc2)O1. The van der Waals surface area contributed by atoms with E-state index in [-0.39, 0.29) is 58.9 Å². The first-order chi connectivity index (χ1) is 26.4. The van der Waals surface area contributed by atoms with Crippen LogP contribution in [0.1, 0.15) is 99.8 Å². The number of methoxy groups -OCH3 is 1. The van der Waals surface area contributed by atoms with Crippen LogP contribution in [-0.2, 0) is 37.6 Å². The fourth-order valence-electron chi connectivity index (χ4n) is 8.08. The topological polar surface area (TPSA) is 110 Å². The molecule has 1 aromatic carbocycles. The third kappa shape index (κ3) is 12.7. The Kier molecular flexibility index (Phi) is 16.7. The summed E-state index contributed by atoms with van der Waals surface area (Å²) in [6, 6.07) is 8.68. The summed E-state index contributed by atoms with van der Waals surface area (Å²) in [6.45, 7) is 34.2. The number of sulfone groups is 1. The Balaban J connectivity index is 1.59. The molecule has 3 saturated heterocycles. The number of aliphatic hydroxyl groups excluding tert-OH is 1. The maximum Gasteiger partial charge on any atom is 0.192 e. The van der Waals surface area contributed by atoms with Gasteiger partial charge in [-0.3, -0.25) is 0 Å². The van der Waals surface area contributed by atoms with E-state index in [1.807, 2.05) is 6.07 Å². The number of rotatable bonds is 19. The summed E-state index contributed by atoms with van der Waals surface area (Å²) in [7, 11) is -6.35. The highest BCUT2D eigenvalue weighted by molar-refractivity contribution is 7.91. The van der Waals surface area contributed by atoms with Gasteiger partial charge in [0.15, 0.2) is 26.5 Å². The molecule has 9 nitrogen and oxygen atoms in total. The first kappa shape index (κ1) is 48.5. The van der Waals surface area contributed by atoms with Gasteiger partial charge in [-0.2, -0.15) is 0 Å². The predicted molar refractivity (Wildman–Crippen MR) is 235 cm³/mol. The largest absolute Gasteiger partial charge is 0.414 e. The van der Waals surface area contributed by atoms with Crippen molar-refractivity contribution in [3.05, 3.63) is 54.6 Å². The van der Waals surface area contributed by atoms with E-state index >= 15 is 0 Å². The van der Waals surface area contributed by atoms with E-state index in [1.165, 1.54) is 0 Å². The Labute approximate surface area is 348 Å². The average Bonchev–Trinajstić information content (AvgIpc) is 3.63. The Bertz CT molecular complexity index is 1570. The molecule has 3 aliphatic heterocycles. The molecule has 4 rings (SSSR count). The van der Waals surface area contributed by atoms with E-state index in [0.717, 1.165) is 49.7 Å². The fourth-order valence-corrected chi connectivity index (χ4v) is 12.1. The van der Waals surface area contributed by atoms with Gasteiger partial charge in [0.05, 0.1) is 66.1 Å². The number of hydrogen-bond donors (Lipinski definition) is 1. The number of aliphatic hydroxyl groups is 1. The molecule has 1 aromatic rings. The lowest BCUT2D eigenvalue weighted by Gasteiger charge is -2.42. The first-order valence-electron chi connectivity index (χ1n) is 21.4. The smallest absolute Gasteiger partial charge is 0.192 e. The van der Waals surface area contributed by atoms with Crippen LogP contribution in [0.4, 0.5) is 0 Å². The van der Waals surface area contributed by atoms with Gasteiger partial charge < -0.3 is 32.9 Å². The van der Waals surface area contributed by atoms with E-state index in [4.69, 9.17) is 27.8 Å². The third-order valence-electron chi connectivity index (χ3n) is 13.8. The van der Waals surface area contributed by atoms with Crippen molar-refractivity contribution in [1.82, 2.24) is 0 Å². The van der Waals surface area contributed by atoms with E-state index in [0.29, 0.717) is 24.3 Å². The molecule has 1 N–H and O–H groups in total. The minimum absolute atomic E-state index is 0.000157. The van der Waals surface area contributed by atoms with Gasteiger partial charge >= 0.3 is 0 Å². The van der Waals surface area contributed by atoms with Crippen molar-refractivity contribution in [3.8, 4) is 0 Å². The van der Waals surface area contributed by atoms with Crippen molar-refractivity contribution in [3.63, 3.8) is 0 Å². The van der Waals surface area contributed by atoms with Crippen molar-refractivity contribution in [1.29, 1.82) is 0 Å². The van der Waals surface area contributed by atoms with Crippen molar-refractivity contribution in [2.45, 2.75) is 190 Å². The van der Waals surface area contributed by atoms with Gasteiger partial charge in [-0.25, -0.2) is 8.42 Å². The van der Waals surface area contributed by atoms with E-state index in [1.54, 1.807) is 31.4 Å². The molecule has 0 bridgehead atoms. The Morgan fingerprint density at radius 3 is 2.11 bits per heavy atom. The second-order valence-corrected chi connectivity index (χ2v) is 31.8. The predicted octanol–water partition coefficient (Wildman–Crippen LogP) is 9.67. The van der Waals surface area contributed by atoms with E-state index < -0.39 is 50.7 Å². The van der Waals surface area contributed by atoms with Crippen LogP contribution in [0.2, 0.25) is 36.3 Å². The fraction of sp³-hybridized carbons (Fsp3) is 0.778. The lowest BCUT2D eigenvalue weighted by atomic mass is 9.83. The van der Waals surface area contributed by atoms with Crippen molar-refractivity contribution in [2.24, 2.45) is 11.8 Å². The lowest BCUT2D eigenvalue weighted by Crippen LogP contribution is -2.49. The molecule has 0 radical (unpaired) electrons. The molecule has 326 valence electrons. The van der Waals surface area contributed by atoms with E-state index in [9.17, 15) is 13.5 Å². The van der Waals surface area contributed by atoms with Crippen LogP contribution in [-0.4, -0.2) is 105 Å². The summed E-state index contributed by atoms with van der Waals surface area (Å²) in [5.41, 5.74) is 2.14. The summed E-state index contributed by atoms with van der Waals surface area (Å²) in [4.78, 5) is 0.297. The first-order valence-corrected chi connectivity index (χ1v) is 28.9. The molecular weight excluding hydrogens is 773 g/mol. The minimum Gasteiger partial charge on any atom is -0.414 e. The molecule has 57 heavy (non-hydrogen) atoms. The second-order valence-electron chi connectivity index (χ2n) is 20.2. The third-order valence-corrected chi connectivity index (χ3v) is 24.7. The molecule has 0 spiro atoms. The van der Waals surface area contributed by atoms with Crippen LogP contribution in [0, 0.1) is 11.8 Å². The van der Waals surface area contributed by atoms with Crippen LogP contribution in [0.3, 0.4) is 0 Å². The van der Waals surface area contributed by atoms with Gasteiger partial charge in [-0.15, -0.1) is 0 Å². The normalized spacial score (nSPS) is 29.9. The Morgan fingerprint density at radius 1 is 0.877 bits per heavy atom.